The van der Waals surface area contributed by atoms with Crippen LogP contribution in [0.1, 0.15) is 35.5 Å². The van der Waals surface area contributed by atoms with Crippen LogP contribution >= 0.6 is 12.4 Å². The van der Waals surface area contributed by atoms with Crippen LogP contribution in [0.3, 0.4) is 0 Å². The SMILES string of the molecule is Cc1noc2nc(-c3cccc(C(F)(F)F)c3)cc(C(=O)NCC(C)(C)N)c12.Cl. The Bertz CT molecular complexity index is 1040. The molecule has 3 aromatic rings. The van der Waals surface area contributed by atoms with Crippen LogP contribution in [0.5, 0.6) is 0 Å². The van der Waals surface area contributed by atoms with Crippen molar-refractivity contribution in [1.29, 1.82) is 0 Å². The molecule has 1 aromatic carbocycles. The van der Waals surface area contributed by atoms with Gasteiger partial charge in [-0.05, 0) is 39.0 Å². The maximum atomic E-state index is 13.0. The third kappa shape index (κ3) is 5.04. The zero-order chi connectivity index (χ0) is 20.7. The van der Waals surface area contributed by atoms with Crippen molar-refractivity contribution in [2.24, 2.45) is 5.73 Å². The number of aryl methyl sites for hydroxylation is 1. The van der Waals surface area contributed by atoms with E-state index in [1.54, 1.807) is 20.8 Å². The van der Waals surface area contributed by atoms with Crippen LogP contribution in [0.15, 0.2) is 34.9 Å². The van der Waals surface area contributed by atoms with Gasteiger partial charge in [0.1, 0.15) is 0 Å². The van der Waals surface area contributed by atoms with Crippen LogP contribution in [0.4, 0.5) is 13.2 Å². The van der Waals surface area contributed by atoms with Crippen molar-refractivity contribution in [3.63, 3.8) is 0 Å². The first kappa shape index (κ1) is 22.6. The molecule has 156 valence electrons. The molecule has 0 saturated heterocycles. The Morgan fingerprint density at radius 3 is 2.55 bits per heavy atom. The minimum Gasteiger partial charge on any atom is -0.350 e. The second kappa shape index (κ2) is 8.00. The Morgan fingerprint density at radius 1 is 1.24 bits per heavy atom. The summed E-state index contributed by atoms with van der Waals surface area (Å²) in [5.41, 5.74) is 5.58. The van der Waals surface area contributed by atoms with E-state index in [2.05, 4.69) is 15.5 Å². The summed E-state index contributed by atoms with van der Waals surface area (Å²) in [5.74, 6) is -0.439. The van der Waals surface area contributed by atoms with Gasteiger partial charge in [-0.2, -0.15) is 13.2 Å². The first-order valence-electron chi connectivity index (χ1n) is 8.47. The average molecular weight is 429 g/mol. The number of fused-ring (bicyclic) bond motifs is 1. The Hall–Kier alpha value is -2.65. The first-order chi connectivity index (χ1) is 13.0. The van der Waals surface area contributed by atoms with Crippen molar-refractivity contribution >= 4 is 29.4 Å². The molecule has 10 heteroatoms. The van der Waals surface area contributed by atoms with Crippen LogP contribution in [-0.2, 0) is 6.18 Å². The molecule has 0 aliphatic carbocycles. The molecule has 0 saturated carbocycles. The fourth-order valence-electron chi connectivity index (χ4n) is 2.68. The van der Waals surface area contributed by atoms with Gasteiger partial charge in [-0.1, -0.05) is 17.3 Å². The third-order valence-electron chi connectivity index (χ3n) is 4.05. The van der Waals surface area contributed by atoms with Gasteiger partial charge >= 0.3 is 6.18 Å². The molecule has 6 nitrogen and oxygen atoms in total. The Balaban J connectivity index is 0.00000300. The van der Waals surface area contributed by atoms with Crippen molar-refractivity contribution in [2.75, 3.05) is 6.54 Å². The number of aromatic nitrogens is 2. The zero-order valence-corrected chi connectivity index (χ0v) is 16.7. The second-order valence-electron chi connectivity index (χ2n) is 7.25. The minimum absolute atomic E-state index is 0. The van der Waals surface area contributed by atoms with Crippen LogP contribution in [-0.4, -0.2) is 28.1 Å². The smallest absolute Gasteiger partial charge is 0.350 e. The normalized spacial score (nSPS) is 12.0. The molecule has 3 rings (SSSR count). The molecule has 0 aliphatic heterocycles. The van der Waals surface area contributed by atoms with Gasteiger partial charge in [-0.3, -0.25) is 4.79 Å². The van der Waals surface area contributed by atoms with Crippen LogP contribution in [0, 0.1) is 6.92 Å². The predicted molar refractivity (Wildman–Crippen MR) is 105 cm³/mol. The first-order valence-corrected chi connectivity index (χ1v) is 8.47. The number of halogens is 4. The lowest BCUT2D eigenvalue weighted by molar-refractivity contribution is -0.137. The van der Waals surface area contributed by atoms with E-state index >= 15 is 0 Å². The molecule has 0 radical (unpaired) electrons. The Kier molecular flexibility index (Phi) is 6.24. The van der Waals surface area contributed by atoms with Crippen LogP contribution in [0.25, 0.3) is 22.4 Å². The molecule has 0 bridgehead atoms. The fraction of sp³-hybridized carbons (Fsp3) is 0.316. The quantitative estimate of drug-likeness (QED) is 0.652. The van der Waals surface area contributed by atoms with E-state index in [0.29, 0.717) is 11.1 Å². The molecule has 29 heavy (non-hydrogen) atoms. The summed E-state index contributed by atoms with van der Waals surface area (Å²) in [6.45, 7) is 5.38. The molecular formula is C19H20ClF3N4O2. The maximum Gasteiger partial charge on any atom is 0.416 e. The third-order valence-corrected chi connectivity index (χ3v) is 4.05. The predicted octanol–water partition coefficient (Wildman–Crippen LogP) is 4.11. The molecule has 0 fully saturated rings. The Morgan fingerprint density at radius 2 is 1.93 bits per heavy atom. The van der Waals surface area contributed by atoms with Crippen molar-refractivity contribution in [3.05, 3.63) is 47.2 Å². The summed E-state index contributed by atoms with van der Waals surface area (Å²) in [7, 11) is 0. The molecule has 0 atom stereocenters. The monoisotopic (exact) mass is 428 g/mol. The van der Waals surface area contributed by atoms with Gasteiger partial charge < -0.3 is 15.6 Å². The summed E-state index contributed by atoms with van der Waals surface area (Å²) < 4.78 is 44.3. The number of nitrogens with two attached hydrogens (primary N) is 1. The summed E-state index contributed by atoms with van der Waals surface area (Å²) >= 11 is 0. The number of rotatable bonds is 4. The number of nitrogens with one attached hydrogen (secondary N) is 1. The van der Waals surface area contributed by atoms with E-state index in [1.807, 2.05) is 0 Å². The highest BCUT2D eigenvalue weighted by Crippen LogP contribution is 2.33. The van der Waals surface area contributed by atoms with Crippen molar-refractivity contribution < 1.29 is 22.5 Å². The number of amides is 1. The summed E-state index contributed by atoms with van der Waals surface area (Å²) in [6, 6.07) is 6.14. The number of carbonyl (C=O) groups excluding carboxylic acids is 1. The van der Waals surface area contributed by atoms with Gasteiger partial charge in [0.05, 0.1) is 27.9 Å². The standard InChI is InChI=1S/C19H19F3N4O2.ClH/c1-10-15-13(16(27)24-9-18(2,3)23)8-14(25-17(15)28-26-10)11-5-4-6-12(7-11)19(20,21)22;/h4-8H,9,23H2,1-3H3,(H,24,27);1H. The second-order valence-corrected chi connectivity index (χ2v) is 7.25. The number of hydrogen-bond donors (Lipinski definition) is 2. The van der Waals surface area contributed by atoms with Crippen LogP contribution < -0.4 is 11.1 Å². The van der Waals surface area contributed by atoms with Crippen molar-refractivity contribution in [1.82, 2.24) is 15.5 Å². The molecular weight excluding hydrogens is 409 g/mol. The topological polar surface area (TPSA) is 94.0 Å². The zero-order valence-electron chi connectivity index (χ0n) is 15.9. The largest absolute Gasteiger partial charge is 0.416 e. The highest BCUT2D eigenvalue weighted by Gasteiger charge is 2.30. The van der Waals surface area contributed by atoms with Gasteiger partial charge in [-0.25, -0.2) is 4.98 Å². The van der Waals surface area contributed by atoms with E-state index in [1.165, 1.54) is 18.2 Å². The highest BCUT2D eigenvalue weighted by molar-refractivity contribution is 6.07. The van der Waals surface area contributed by atoms with E-state index < -0.39 is 23.2 Å². The van der Waals surface area contributed by atoms with Crippen LogP contribution in [0.2, 0.25) is 0 Å². The molecule has 2 heterocycles. The lowest BCUT2D eigenvalue weighted by atomic mass is 10.0. The van der Waals surface area contributed by atoms with Gasteiger partial charge in [0.2, 0.25) is 0 Å². The average Bonchev–Trinajstić information content (AvgIpc) is 2.99. The molecule has 2 aromatic heterocycles. The minimum atomic E-state index is -4.49. The Labute approximate surface area is 171 Å². The fourth-order valence-corrected chi connectivity index (χ4v) is 2.68. The van der Waals surface area contributed by atoms with Gasteiger partial charge in [-0.15, -0.1) is 12.4 Å². The molecule has 3 N–H and O–H groups in total. The number of pyridine rings is 1. The molecule has 1 amide bonds. The summed E-state index contributed by atoms with van der Waals surface area (Å²) in [5, 5.41) is 6.94. The molecule has 0 aliphatic rings. The number of carbonyl (C=O) groups is 1. The summed E-state index contributed by atoms with van der Waals surface area (Å²) in [6.07, 6.45) is -4.49. The number of nitrogens with zero attached hydrogens (tertiary/aromatic N) is 2. The van der Waals surface area contributed by atoms with E-state index in [4.69, 9.17) is 10.3 Å². The molecule has 0 spiro atoms. The van der Waals surface area contributed by atoms with E-state index in [0.717, 1.165) is 12.1 Å². The lowest BCUT2D eigenvalue weighted by Crippen LogP contribution is -2.45. The van der Waals surface area contributed by atoms with Gasteiger partial charge in [0, 0.05) is 17.6 Å². The number of alkyl halides is 3. The van der Waals surface area contributed by atoms with Crippen molar-refractivity contribution in [3.8, 4) is 11.3 Å². The van der Waals surface area contributed by atoms with Crippen molar-refractivity contribution in [2.45, 2.75) is 32.5 Å². The lowest BCUT2D eigenvalue weighted by Gasteiger charge is -2.19. The van der Waals surface area contributed by atoms with E-state index in [9.17, 15) is 18.0 Å². The van der Waals surface area contributed by atoms with Gasteiger partial charge in [0.15, 0.2) is 0 Å². The van der Waals surface area contributed by atoms with Gasteiger partial charge in [0.25, 0.3) is 11.6 Å². The van der Waals surface area contributed by atoms with E-state index in [-0.39, 0.29) is 41.5 Å². The summed E-state index contributed by atoms with van der Waals surface area (Å²) in [4.78, 5) is 17.0. The number of hydrogen-bond acceptors (Lipinski definition) is 5. The number of benzene rings is 1. The highest BCUT2D eigenvalue weighted by atomic mass is 35.5. The molecule has 0 unspecified atom stereocenters. The maximum absolute atomic E-state index is 13.0.